The Labute approximate surface area is 79.4 Å². The number of hydrogen-bond donors (Lipinski definition) is 2. The van der Waals surface area contributed by atoms with E-state index in [1.807, 2.05) is 38.1 Å². The number of nitrogens with two attached hydrogens (primary N) is 1. The molecule has 2 atom stereocenters. The van der Waals surface area contributed by atoms with Crippen molar-refractivity contribution in [2.45, 2.75) is 32.4 Å². The summed E-state index contributed by atoms with van der Waals surface area (Å²) >= 11 is 0. The molecule has 1 aromatic carbocycles. The third-order valence-corrected chi connectivity index (χ3v) is 2.23. The zero-order valence-electron chi connectivity index (χ0n) is 8.20. The van der Waals surface area contributed by atoms with E-state index in [0.29, 0.717) is 0 Å². The van der Waals surface area contributed by atoms with Gasteiger partial charge in [-0.05, 0) is 24.5 Å². The molecule has 0 spiro atoms. The highest BCUT2D eigenvalue weighted by Gasteiger charge is 2.04. The van der Waals surface area contributed by atoms with Crippen LogP contribution in [0.4, 0.5) is 0 Å². The van der Waals surface area contributed by atoms with Gasteiger partial charge in [0.05, 0.1) is 6.10 Å². The van der Waals surface area contributed by atoms with Crippen molar-refractivity contribution in [3.8, 4) is 0 Å². The van der Waals surface area contributed by atoms with Crippen molar-refractivity contribution in [3.05, 3.63) is 35.4 Å². The van der Waals surface area contributed by atoms with Gasteiger partial charge in [-0.1, -0.05) is 31.2 Å². The van der Waals surface area contributed by atoms with Gasteiger partial charge < -0.3 is 10.8 Å². The minimum Gasteiger partial charge on any atom is -0.388 e. The van der Waals surface area contributed by atoms with Crippen LogP contribution in [0.5, 0.6) is 0 Å². The quantitative estimate of drug-likeness (QED) is 0.746. The molecule has 3 N–H and O–H groups in total. The van der Waals surface area contributed by atoms with Crippen molar-refractivity contribution in [3.63, 3.8) is 0 Å². The maximum absolute atomic E-state index is 9.53. The molecule has 2 heteroatoms. The van der Waals surface area contributed by atoms with Crippen LogP contribution in [0.3, 0.4) is 0 Å². The van der Waals surface area contributed by atoms with Crippen molar-refractivity contribution in [2.24, 2.45) is 5.73 Å². The molecule has 0 aliphatic heterocycles. The minimum absolute atomic E-state index is 0.0628. The fourth-order valence-corrected chi connectivity index (χ4v) is 1.26. The molecule has 1 unspecified atom stereocenters. The van der Waals surface area contributed by atoms with Gasteiger partial charge in [0.2, 0.25) is 0 Å². The van der Waals surface area contributed by atoms with Crippen LogP contribution in [0.2, 0.25) is 0 Å². The van der Waals surface area contributed by atoms with E-state index in [1.54, 1.807) is 0 Å². The molecule has 0 bridgehead atoms. The van der Waals surface area contributed by atoms with Gasteiger partial charge in [0.25, 0.3) is 0 Å². The van der Waals surface area contributed by atoms with E-state index in [9.17, 15) is 5.11 Å². The molecule has 0 aliphatic rings. The Kier molecular flexibility index (Phi) is 3.46. The molecule has 1 aromatic rings. The molecule has 72 valence electrons. The molecule has 1 rings (SSSR count). The van der Waals surface area contributed by atoms with E-state index in [-0.39, 0.29) is 12.1 Å². The lowest BCUT2D eigenvalue weighted by Crippen LogP contribution is -2.05. The predicted octanol–water partition coefficient (Wildman–Crippen LogP) is 2.15. The van der Waals surface area contributed by atoms with Gasteiger partial charge in [0.15, 0.2) is 0 Å². The highest BCUT2D eigenvalue weighted by atomic mass is 16.3. The van der Waals surface area contributed by atoms with E-state index in [2.05, 4.69) is 0 Å². The van der Waals surface area contributed by atoms with Crippen LogP contribution in [0.1, 0.15) is 43.5 Å². The Morgan fingerprint density at radius 3 is 2.08 bits per heavy atom. The van der Waals surface area contributed by atoms with Crippen LogP contribution < -0.4 is 5.73 Å². The molecule has 0 heterocycles. The topological polar surface area (TPSA) is 46.2 Å². The average Bonchev–Trinajstić information content (AvgIpc) is 2.17. The molecule has 0 saturated heterocycles. The maximum atomic E-state index is 9.53. The Bertz CT molecular complexity index is 253. The number of aliphatic hydroxyl groups is 1. The van der Waals surface area contributed by atoms with Crippen molar-refractivity contribution in [2.75, 3.05) is 0 Å². The first-order valence-electron chi connectivity index (χ1n) is 4.68. The minimum atomic E-state index is -0.345. The van der Waals surface area contributed by atoms with Gasteiger partial charge >= 0.3 is 0 Å². The van der Waals surface area contributed by atoms with Gasteiger partial charge in [-0.2, -0.15) is 0 Å². The average molecular weight is 179 g/mol. The van der Waals surface area contributed by atoms with Crippen molar-refractivity contribution >= 4 is 0 Å². The number of aliphatic hydroxyl groups excluding tert-OH is 1. The predicted molar refractivity (Wildman–Crippen MR) is 54.3 cm³/mol. The highest BCUT2D eigenvalue weighted by molar-refractivity contribution is 5.25. The van der Waals surface area contributed by atoms with Gasteiger partial charge in [0.1, 0.15) is 0 Å². The smallest absolute Gasteiger partial charge is 0.0787 e. The molecule has 13 heavy (non-hydrogen) atoms. The van der Waals surface area contributed by atoms with Crippen molar-refractivity contribution < 1.29 is 5.11 Å². The van der Waals surface area contributed by atoms with Crippen LogP contribution >= 0.6 is 0 Å². The lowest BCUT2D eigenvalue weighted by Gasteiger charge is -2.10. The first-order chi connectivity index (χ1) is 6.15. The third kappa shape index (κ3) is 2.54. The van der Waals surface area contributed by atoms with Gasteiger partial charge in [-0.3, -0.25) is 0 Å². The van der Waals surface area contributed by atoms with Crippen LogP contribution in [0.15, 0.2) is 24.3 Å². The molecular weight excluding hydrogens is 162 g/mol. The third-order valence-electron chi connectivity index (χ3n) is 2.23. The SMILES string of the molecule is CCC(O)c1ccc([C@H](C)N)cc1. The lowest BCUT2D eigenvalue weighted by molar-refractivity contribution is 0.173. The summed E-state index contributed by atoms with van der Waals surface area (Å²) in [5.74, 6) is 0. The second-order valence-electron chi connectivity index (χ2n) is 3.38. The van der Waals surface area contributed by atoms with Crippen molar-refractivity contribution in [1.82, 2.24) is 0 Å². The first-order valence-corrected chi connectivity index (χ1v) is 4.68. The second kappa shape index (κ2) is 4.40. The van der Waals surface area contributed by atoms with E-state index in [4.69, 9.17) is 5.73 Å². The van der Waals surface area contributed by atoms with E-state index >= 15 is 0 Å². The fraction of sp³-hybridized carbons (Fsp3) is 0.455. The lowest BCUT2D eigenvalue weighted by atomic mass is 10.0. The number of rotatable bonds is 3. The first kappa shape index (κ1) is 10.2. The summed E-state index contributed by atoms with van der Waals surface area (Å²) in [4.78, 5) is 0. The maximum Gasteiger partial charge on any atom is 0.0787 e. The molecule has 0 amide bonds. The summed E-state index contributed by atoms with van der Waals surface area (Å²) in [6.07, 6.45) is 0.402. The summed E-state index contributed by atoms with van der Waals surface area (Å²) in [5, 5.41) is 9.53. The molecular formula is C11H17NO. The fourth-order valence-electron chi connectivity index (χ4n) is 1.26. The summed E-state index contributed by atoms with van der Waals surface area (Å²) in [7, 11) is 0. The Morgan fingerprint density at radius 1 is 1.23 bits per heavy atom. The van der Waals surface area contributed by atoms with Gasteiger partial charge in [-0.25, -0.2) is 0 Å². The molecule has 0 aliphatic carbocycles. The zero-order valence-corrected chi connectivity index (χ0v) is 8.20. The van der Waals surface area contributed by atoms with E-state index in [0.717, 1.165) is 17.5 Å². The van der Waals surface area contributed by atoms with Crippen molar-refractivity contribution in [1.29, 1.82) is 0 Å². The summed E-state index contributed by atoms with van der Waals surface area (Å²) in [5.41, 5.74) is 7.78. The van der Waals surface area contributed by atoms with Gasteiger partial charge in [-0.15, -0.1) is 0 Å². The standard InChI is InChI=1S/C11H17NO/c1-3-11(13)10-6-4-9(5-7-10)8(2)12/h4-8,11,13H,3,12H2,1-2H3/t8-,11?/m0/s1. The molecule has 2 nitrogen and oxygen atoms in total. The largest absolute Gasteiger partial charge is 0.388 e. The highest BCUT2D eigenvalue weighted by Crippen LogP contribution is 2.18. The van der Waals surface area contributed by atoms with E-state index in [1.165, 1.54) is 0 Å². The zero-order chi connectivity index (χ0) is 9.84. The van der Waals surface area contributed by atoms with Crippen LogP contribution in [0.25, 0.3) is 0 Å². The normalized spacial score (nSPS) is 15.4. The Morgan fingerprint density at radius 2 is 1.69 bits per heavy atom. The molecule has 0 radical (unpaired) electrons. The molecule has 0 fully saturated rings. The second-order valence-corrected chi connectivity index (χ2v) is 3.38. The Hall–Kier alpha value is -0.860. The monoisotopic (exact) mass is 179 g/mol. The van der Waals surface area contributed by atoms with Crippen LogP contribution in [0, 0.1) is 0 Å². The summed E-state index contributed by atoms with van der Waals surface area (Å²) in [6.45, 7) is 3.91. The molecule has 0 aromatic heterocycles. The Balaban J connectivity index is 2.81. The summed E-state index contributed by atoms with van der Waals surface area (Å²) in [6, 6.07) is 7.88. The molecule has 0 saturated carbocycles. The van der Waals surface area contributed by atoms with Crippen LogP contribution in [-0.2, 0) is 0 Å². The van der Waals surface area contributed by atoms with E-state index < -0.39 is 0 Å². The van der Waals surface area contributed by atoms with Crippen LogP contribution in [-0.4, -0.2) is 5.11 Å². The van der Waals surface area contributed by atoms with Gasteiger partial charge in [0, 0.05) is 6.04 Å². The number of hydrogen-bond acceptors (Lipinski definition) is 2. The number of benzene rings is 1. The summed E-state index contributed by atoms with van der Waals surface area (Å²) < 4.78 is 0.